The normalized spacial score (nSPS) is 11.6. The lowest BCUT2D eigenvalue weighted by atomic mass is 10.1. The fraction of sp³-hybridized carbons (Fsp3) is 0.133. The summed E-state index contributed by atoms with van der Waals surface area (Å²) in [5.74, 6) is 0.0982. The molecule has 22 heavy (non-hydrogen) atoms. The predicted molar refractivity (Wildman–Crippen MR) is 76.8 cm³/mol. The van der Waals surface area contributed by atoms with Gasteiger partial charge in [0.25, 0.3) is 0 Å². The molecular weight excluding hydrogens is 293 g/mol. The number of aryl methyl sites for hydroxylation is 1. The molecule has 112 valence electrons. The highest BCUT2D eigenvalue weighted by molar-refractivity contribution is 5.92. The van der Waals surface area contributed by atoms with Crippen molar-refractivity contribution in [2.45, 2.75) is 13.1 Å². The van der Waals surface area contributed by atoms with Gasteiger partial charge in [0.2, 0.25) is 5.95 Å². The summed E-state index contributed by atoms with van der Waals surface area (Å²) in [6.07, 6.45) is -1.32. The smallest absolute Gasteiger partial charge is 0.323 e. The predicted octanol–water partition coefficient (Wildman–Crippen LogP) is 4.10. The van der Waals surface area contributed by atoms with E-state index >= 15 is 0 Å². The minimum atomic E-state index is -4.45. The van der Waals surface area contributed by atoms with Gasteiger partial charge >= 0.3 is 6.18 Å². The van der Waals surface area contributed by atoms with Crippen molar-refractivity contribution in [1.29, 1.82) is 0 Å². The largest absolute Gasteiger partial charge is 0.419 e. The maximum absolute atomic E-state index is 12.5. The van der Waals surface area contributed by atoms with Crippen molar-refractivity contribution in [3.8, 4) is 0 Å². The zero-order valence-electron chi connectivity index (χ0n) is 11.5. The Balaban J connectivity index is 1.93. The Labute approximate surface area is 124 Å². The first-order valence-electron chi connectivity index (χ1n) is 6.45. The average molecular weight is 304 g/mol. The lowest BCUT2D eigenvalue weighted by Crippen LogP contribution is -2.07. The highest BCUT2D eigenvalue weighted by Crippen LogP contribution is 2.29. The number of pyridine rings is 1. The molecular formula is C15H11F3N4. The number of benzene rings is 1. The highest BCUT2D eigenvalue weighted by Gasteiger charge is 2.31. The average Bonchev–Trinajstić information content (AvgIpc) is 2.47. The quantitative estimate of drug-likeness (QED) is 0.774. The molecule has 0 spiro atoms. The Bertz CT molecular complexity index is 813. The molecule has 0 atom stereocenters. The van der Waals surface area contributed by atoms with Crippen molar-refractivity contribution >= 4 is 22.5 Å². The maximum atomic E-state index is 12.5. The third kappa shape index (κ3) is 2.83. The second kappa shape index (κ2) is 5.25. The monoisotopic (exact) mass is 304 g/mol. The molecule has 0 bridgehead atoms. The van der Waals surface area contributed by atoms with E-state index in [4.69, 9.17) is 0 Å². The van der Waals surface area contributed by atoms with E-state index in [1.165, 1.54) is 0 Å². The number of hydrogen-bond acceptors (Lipinski definition) is 4. The van der Waals surface area contributed by atoms with Gasteiger partial charge in [-0.05, 0) is 24.6 Å². The topological polar surface area (TPSA) is 50.7 Å². The fourth-order valence-corrected chi connectivity index (χ4v) is 2.03. The van der Waals surface area contributed by atoms with Crippen molar-refractivity contribution in [2.24, 2.45) is 0 Å². The zero-order chi connectivity index (χ0) is 15.7. The summed E-state index contributed by atoms with van der Waals surface area (Å²) in [7, 11) is 0. The number of nitrogens with zero attached hydrogens (tertiary/aromatic N) is 3. The van der Waals surface area contributed by atoms with Gasteiger partial charge in [-0.25, -0.2) is 9.97 Å². The number of anilines is 2. The lowest BCUT2D eigenvalue weighted by Gasteiger charge is -2.09. The summed E-state index contributed by atoms with van der Waals surface area (Å²) in [5.41, 5.74) is 1.66. The Morgan fingerprint density at radius 2 is 1.73 bits per heavy atom. The van der Waals surface area contributed by atoms with Crippen LogP contribution < -0.4 is 5.32 Å². The molecule has 0 fully saturated rings. The molecule has 4 nitrogen and oxygen atoms in total. The van der Waals surface area contributed by atoms with Gasteiger partial charge in [-0.1, -0.05) is 12.1 Å². The van der Waals surface area contributed by atoms with Crippen molar-refractivity contribution in [1.82, 2.24) is 15.0 Å². The van der Waals surface area contributed by atoms with E-state index in [2.05, 4.69) is 20.3 Å². The summed E-state index contributed by atoms with van der Waals surface area (Å²) < 4.78 is 37.5. The molecule has 0 aliphatic heterocycles. The molecule has 2 aromatic heterocycles. The van der Waals surface area contributed by atoms with Gasteiger partial charge < -0.3 is 5.32 Å². The number of rotatable bonds is 2. The molecule has 0 radical (unpaired) electrons. The number of aromatic nitrogens is 3. The SMILES string of the molecule is Cc1ccc2c(Nc3ncc(C(F)(F)F)cn3)ccnc2c1. The van der Waals surface area contributed by atoms with E-state index in [1.807, 2.05) is 25.1 Å². The summed E-state index contributed by atoms with van der Waals surface area (Å²) in [4.78, 5) is 11.7. The maximum Gasteiger partial charge on any atom is 0.419 e. The molecule has 3 rings (SSSR count). The van der Waals surface area contributed by atoms with Crippen LogP contribution in [0.5, 0.6) is 0 Å². The number of alkyl halides is 3. The number of hydrogen-bond donors (Lipinski definition) is 1. The van der Waals surface area contributed by atoms with Crippen LogP contribution in [0.15, 0.2) is 42.9 Å². The first kappa shape index (κ1) is 14.2. The summed E-state index contributed by atoms with van der Waals surface area (Å²) in [6, 6.07) is 7.47. The van der Waals surface area contributed by atoms with Crippen molar-refractivity contribution < 1.29 is 13.2 Å². The zero-order valence-corrected chi connectivity index (χ0v) is 11.5. The Morgan fingerprint density at radius 1 is 1.00 bits per heavy atom. The van der Waals surface area contributed by atoms with E-state index in [0.717, 1.165) is 28.9 Å². The molecule has 0 saturated heterocycles. The van der Waals surface area contributed by atoms with Crippen molar-refractivity contribution in [3.63, 3.8) is 0 Å². The fourth-order valence-electron chi connectivity index (χ4n) is 2.03. The molecule has 1 N–H and O–H groups in total. The minimum Gasteiger partial charge on any atom is -0.323 e. The second-order valence-corrected chi connectivity index (χ2v) is 4.80. The number of nitrogens with one attached hydrogen (secondary N) is 1. The van der Waals surface area contributed by atoms with Gasteiger partial charge in [-0.2, -0.15) is 13.2 Å². The molecule has 3 aromatic rings. The Kier molecular flexibility index (Phi) is 3.40. The molecule has 7 heteroatoms. The van der Waals surface area contributed by atoms with Crippen LogP contribution in [0.1, 0.15) is 11.1 Å². The molecule has 0 unspecified atom stereocenters. The van der Waals surface area contributed by atoms with Crippen LogP contribution in [0.3, 0.4) is 0 Å². The number of halogens is 3. The summed E-state index contributed by atoms with van der Waals surface area (Å²) in [5, 5.41) is 3.76. The van der Waals surface area contributed by atoms with Crippen molar-refractivity contribution in [3.05, 3.63) is 54.0 Å². The first-order chi connectivity index (χ1) is 10.4. The van der Waals surface area contributed by atoms with Crippen molar-refractivity contribution in [2.75, 3.05) is 5.32 Å². The van der Waals surface area contributed by atoms with Crippen LogP contribution in [-0.2, 0) is 6.18 Å². The van der Waals surface area contributed by atoms with Crippen LogP contribution in [0, 0.1) is 6.92 Å². The molecule has 0 aliphatic carbocycles. The van der Waals surface area contributed by atoms with Gasteiger partial charge in [0, 0.05) is 24.0 Å². The van der Waals surface area contributed by atoms with Crippen LogP contribution in [0.25, 0.3) is 10.9 Å². The van der Waals surface area contributed by atoms with Crippen LogP contribution in [0.4, 0.5) is 24.8 Å². The van der Waals surface area contributed by atoms with Crippen LogP contribution in [0.2, 0.25) is 0 Å². The van der Waals surface area contributed by atoms with Crippen LogP contribution >= 0.6 is 0 Å². The highest BCUT2D eigenvalue weighted by atomic mass is 19.4. The lowest BCUT2D eigenvalue weighted by molar-refractivity contribution is -0.138. The molecule has 0 aliphatic rings. The standard InChI is InChI=1S/C15H11F3N4/c1-9-2-3-11-12(4-5-19-13(11)6-9)22-14-20-7-10(8-21-14)15(16,17)18/h2-8H,1H3,(H,19,20,21,22). The van der Waals surface area contributed by atoms with Gasteiger partial charge in [-0.3, -0.25) is 4.98 Å². The second-order valence-electron chi connectivity index (χ2n) is 4.80. The van der Waals surface area contributed by atoms with E-state index < -0.39 is 11.7 Å². The first-order valence-corrected chi connectivity index (χ1v) is 6.45. The third-order valence-electron chi connectivity index (χ3n) is 3.12. The minimum absolute atomic E-state index is 0.0982. The van der Waals surface area contributed by atoms with E-state index in [1.54, 1.807) is 12.3 Å². The van der Waals surface area contributed by atoms with E-state index in [-0.39, 0.29) is 5.95 Å². The van der Waals surface area contributed by atoms with E-state index in [0.29, 0.717) is 5.69 Å². The third-order valence-corrected chi connectivity index (χ3v) is 3.12. The molecule has 0 amide bonds. The van der Waals surface area contributed by atoms with Gasteiger partial charge in [-0.15, -0.1) is 0 Å². The van der Waals surface area contributed by atoms with Gasteiger partial charge in [0.05, 0.1) is 16.8 Å². The van der Waals surface area contributed by atoms with Crippen LogP contribution in [-0.4, -0.2) is 15.0 Å². The van der Waals surface area contributed by atoms with E-state index in [9.17, 15) is 13.2 Å². The van der Waals surface area contributed by atoms with Gasteiger partial charge in [0.15, 0.2) is 0 Å². The Hall–Kier alpha value is -2.70. The summed E-state index contributed by atoms with van der Waals surface area (Å²) in [6.45, 7) is 1.96. The van der Waals surface area contributed by atoms with Gasteiger partial charge in [0.1, 0.15) is 0 Å². The summed E-state index contributed by atoms with van der Waals surface area (Å²) >= 11 is 0. The number of fused-ring (bicyclic) bond motifs is 1. The molecule has 0 saturated carbocycles. The Morgan fingerprint density at radius 3 is 2.41 bits per heavy atom. The molecule has 1 aromatic carbocycles. The molecule has 2 heterocycles.